The molecule has 0 unspecified atom stereocenters. The van der Waals surface area contributed by atoms with E-state index in [1.54, 1.807) is 36.4 Å². The molecule has 5 rings (SSSR count). The molecule has 7 heteroatoms. The largest absolute Gasteiger partial charge is 0.457 e. The monoisotopic (exact) mass is 470 g/mol. The van der Waals surface area contributed by atoms with Gasteiger partial charge in [0.1, 0.15) is 18.1 Å². The van der Waals surface area contributed by atoms with Crippen LogP contribution in [0.4, 0.5) is 0 Å². The summed E-state index contributed by atoms with van der Waals surface area (Å²) in [6.45, 7) is -0.0313. The van der Waals surface area contributed by atoms with Gasteiger partial charge in [-0.25, -0.2) is 13.2 Å². The molecule has 0 spiro atoms. The Bertz CT molecular complexity index is 1520. The third-order valence-corrected chi connectivity index (χ3v) is 7.27. The molecule has 168 valence electrons. The molecule has 0 fully saturated rings. The van der Waals surface area contributed by atoms with E-state index in [0.717, 1.165) is 0 Å². The van der Waals surface area contributed by atoms with Gasteiger partial charge in [-0.2, -0.15) is 0 Å². The van der Waals surface area contributed by atoms with E-state index in [0.29, 0.717) is 17.1 Å². The van der Waals surface area contributed by atoms with E-state index in [4.69, 9.17) is 9.47 Å². The number of sulfone groups is 1. The maximum Gasteiger partial charge on any atom is 0.338 e. The maximum absolute atomic E-state index is 13.1. The van der Waals surface area contributed by atoms with Crippen LogP contribution in [0, 0.1) is 0 Å². The summed E-state index contributed by atoms with van der Waals surface area (Å²) in [4.78, 5) is 25.2. The highest BCUT2D eigenvalue weighted by Gasteiger charge is 2.35. The Kier molecular flexibility index (Phi) is 5.47. The van der Waals surface area contributed by atoms with Gasteiger partial charge in [-0.15, -0.1) is 0 Å². The fourth-order valence-corrected chi connectivity index (χ4v) is 5.44. The molecule has 0 saturated heterocycles. The van der Waals surface area contributed by atoms with Gasteiger partial charge >= 0.3 is 5.97 Å². The van der Waals surface area contributed by atoms with Crippen LogP contribution in [0.15, 0.2) is 107 Å². The average Bonchev–Trinajstić information content (AvgIpc) is 2.87. The minimum absolute atomic E-state index is 0.0313. The molecule has 1 aliphatic heterocycles. The van der Waals surface area contributed by atoms with Crippen LogP contribution in [0.25, 0.3) is 0 Å². The lowest BCUT2D eigenvalue weighted by Gasteiger charge is -2.19. The molecule has 34 heavy (non-hydrogen) atoms. The number of hydrogen-bond donors (Lipinski definition) is 0. The van der Waals surface area contributed by atoms with Crippen molar-refractivity contribution in [1.29, 1.82) is 0 Å². The molecular formula is C27H18O6S. The van der Waals surface area contributed by atoms with Crippen molar-refractivity contribution in [2.75, 3.05) is 0 Å². The van der Waals surface area contributed by atoms with E-state index in [2.05, 4.69) is 0 Å². The number of esters is 1. The molecule has 0 aromatic heterocycles. The molecule has 0 N–H and O–H groups in total. The molecular weight excluding hydrogens is 452 g/mol. The van der Waals surface area contributed by atoms with Gasteiger partial charge in [0.2, 0.25) is 9.84 Å². The molecule has 0 amide bonds. The summed E-state index contributed by atoms with van der Waals surface area (Å²) in [5.74, 6) is 0.189. The van der Waals surface area contributed by atoms with Crippen molar-refractivity contribution >= 4 is 21.6 Å². The Labute approximate surface area is 196 Å². The zero-order chi connectivity index (χ0) is 23.7. The highest BCUT2D eigenvalue weighted by Crippen LogP contribution is 2.35. The lowest BCUT2D eigenvalue weighted by Crippen LogP contribution is -2.21. The Morgan fingerprint density at radius 3 is 2.24 bits per heavy atom. The van der Waals surface area contributed by atoms with Gasteiger partial charge < -0.3 is 9.47 Å². The summed E-state index contributed by atoms with van der Waals surface area (Å²) in [5, 5.41) is 0. The first-order valence-corrected chi connectivity index (χ1v) is 11.9. The first kappa shape index (κ1) is 21.6. The zero-order valence-electron chi connectivity index (χ0n) is 17.8. The fourth-order valence-electron chi connectivity index (χ4n) is 3.77. The number of para-hydroxylation sites is 1. The third-order valence-electron chi connectivity index (χ3n) is 5.42. The van der Waals surface area contributed by atoms with Crippen molar-refractivity contribution in [2.45, 2.75) is 16.4 Å². The summed E-state index contributed by atoms with van der Waals surface area (Å²) in [5.41, 5.74) is 0.923. The van der Waals surface area contributed by atoms with Crippen molar-refractivity contribution in [3.05, 3.63) is 119 Å². The standard InChI is InChI=1S/C27H18O6S/c28-26-22-11-4-5-12-24(22)34(30,31)25-16-19(13-14-23(25)26)27(29)32-17-18-7-6-10-21(15-18)33-20-8-2-1-3-9-20/h1-16H,17H2. The molecule has 0 saturated carbocycles. The van der Waals surface area contributed by atoms with Crippen molar-refractivity contribution < 1.29 is 27.5 Å². The predicted octanol–water partition coefficient (Wildman–Crippen LogP) is 5.21. The Balaban J connectivity index is 1.34. The van der Waals surface area contributed by atoms with Gasteiger partial charge in [0.05, 0.1) is 15.4 Å². The smallest absolute Gasteiger partial charge is 0.338 e. The summed E-state index contributed by atoms with van der Waals surface area (Å²) < 4.78 is 37.3. The molecule has 4 aromatic rings. The van der Waals surface area contributed by atoms with E-state index in [-0.39, 0.29) is 33.1 Å². The van der Waals surface area contributed by atoms with Crippen LogP contribution in [0.1, 0.15) is 31.8 Å². The highest BCUT2D eigenvalue weighted by atomic mass is 32.2. The summed E-state index contributed by atoms with van der Waals surface area (Å²) in [6, 6.07) is 26.4. The van der Waals surface area contributed by atoms with Gasteiger partial charge in [0.25, 0.3) is 0 Å². The van der Waals surface area contributed by atoms with E-state index in [1.165, 1.54) is 30.3 Å². The predicted molar refractivity (Wildman–Crippen MR) is 124 cm³/mol. The second-order valence-electron chi connectivity index (χ2n) is 7.68. The fraction of sp³-hybridized carbons (Fsp3) is 0.0370. The van der Waals surface area contributed by atoms with Gasteiger partial charge in [0, 0.05) is 11.1 Å². The van der Waals surface area contributed by atoms with E-state index in [1.807, 2.05) is 30.3 Å². The lowest BCUT2D eigenvalue weighted by atomic mass is 10.0. The van der Waals surface area contributed by atoms with Crippen LogP contribution in [0.3, 0.4) is 0 Å². The van der Waals surface area contributed by atoms with Crippen LogP contribution in [-0.4, -0.2) is 20.2 Å². The van der Waals surface area contributed by atoms with Crippen molar-refractivity contribution in [2.24, 2.45) is 0 Å². The molecule has 0 bridgehead atoms. The highest BCUT2D eigenvalue weighted by molar-refractivity contribution is 7.91. The van der Waals surface area contributed by atoms with E-state index in [9.17, 15) is 18.0 Å². The van der Waals surface area contributed by atoms with Crippen LogP contribution in [0.2, 0.25) is 0 Å². The number of carbonyl (C=O) groups is 2. The summed E-state index contributed by atoms with van der Waals surface area (Å²) in [6.07, 6.45) is 0. The molecule has 1 heterocycles. The number of ketones is 1. The Morgan fingerprint density at radius 1 is 0.706 bits per heavy atom. The van der Waals surface area contributed by atoms with E-state index >= 15 is 0 Å². The molecule has 4 aromatic carbocycles. The summed E-state index contributed by atoms with van der Waals surface area (Å²) in [7, 11) is -3.94. The number of ether oxygens (including phenoxy) is 2. The van der Waals surface area contributed by atoms with Crippen molar-refractivity contribution in [3.8, 4) is 11.5 Å². The van der Waals surface area contributed by atoms with Crippen molar-refractivity contribution in [3.63, 3.8) is 0 Å². The molecule has 0 aliphatic carbocycles. The van der Waals surface area contributed by atoms with Gasteiger partial charge in [-0.05, 0) is 60.2 Å². The van der Waals surface area contributed by atoms with E-state index < -0.39 is 21.6 Å². The SMILES string of the molecule is O=C(OCc1cccc(Oc2ccccc2)c1)c1ccc2c(c1)S(=O)(=O)c1ccccc1C2=O. The van der Waals surface area contributed by atoms with Crippen LogP contribution in [0.5, 0.6) is 11.5 Å². The first-order chi connectivity index (χ1) is 16.4. The van der Waals surface area contributed by atoms with Gasteiger partial charge in [-0.1, -0.05) is 42.5 Å². The Morgan fingerprint density at radius 2 is 1.41 bits per heavy atom. The third kappa shape index (κ3) is 3.97. The van der Waals surface area contributed by atoms with Crippen LogP contribution >= 0.6 is 0 Å². The second-order valence-corrected chi connectivity index (χ2v) is 9.56. The van der Waals surface area contributed by atoms with Gasteiger partial charge in [0.15, 0.2) is 5.78 Å². The minimum Gasteiger partial charge on any atom is -0.457 e. The normalized spacial score (nSPS) is 13.5. The lowest BCUT2D eigenvalue weighted by molar-refractivity contribution is 0.0472. The number of hydrogen-bond acceptors (Lipinski definition) is 6. The molecule has 0 atom stereocenters. The minimum atomic E-state index is -3.94. The average molecular weight is 471 g/mol. The second kappa shape index (κ2) is 8.61. The molecule has 0 radical (unpaired) electrons. The number of rotatable bonds is 5. The summed E-state index contributed by atoms with van der Waals surface area (Å²) >= 11 is 0. The maximum atomic E-state index is 13.1. The van der Waals surface area contributed by atoms with Crippen LogP contribution < -0.4 is 4.74 Å². The number of benzene rings is 4. The first-order valence-electron chi connectivity index (χ1n) is 10.5. The number of fused-ring (bicyclic) bond motifs is 2. The number of carbonyl (C=O) groups excluding carboxylic acids is 2. The van der Waals surface area contributed by atoms with Crippen LogP contribution in [-0.2, 0) is 21.2 Å². The Hall–Kier alpha value is -4.23. The molecule has 1 aliphatic rings. The van der Waals surface area contributed by atoms with Crippen molar-refractivity contribution in [1.82, 2.24) is 0 Å². The zero-order valence-corrected chi connectivity index (χ0v) is 18.6. The quantitative estimate of drug-likeness (QED) is 0.328. The molecule has 6 nitrogen and oxygen atoms in total. The topological polar surface area (TPSA) is 86.7 Å². The van der Waals surface area contributed by atoms with Gasteiger partial charge in [-0.3, -0.25) is 4.79 Å².